The first-order chi connectivity index (χ1) is 9.10. The van der Waals surface area contributed by atoms with Gasteiger partial charge in [0.2, 0.25) is 0 Å². The molecule has 0 saturated heterocycles. The number of rotatable bonds is 4. The van der Waals surface area contributed by atoms with E-state index in [1.54, 1.807) is 30.3 Å². The highest BCUT2D eigenvalue weighted by Gasteiger charge is 2.19. The Hall–Kier alpha value is -1.23. The van der Waals surface area contributed by atoms with Crippen molar-refractivity contribution >= 4 is 29.2 Å². The zero-order chi connectivity index (χ0) is 13.8. The summed E-state index contributed by atoms with van der Waals surface area (Å²) in [4.78, 5) is 11.6. The van der Waals surface area contributed by atoms with E-state index in [0.717, 1.165) is 5.56 Å². The fourth-order valence-corrected chi connectivity index (χ4v) is 2.22. The number of hydrogen-bond acceptors (Lipinski definition) is 4. The maximum atomic E-state index is 11.6. The van der Waals surface area contributed by atoms with Crippen molar-refractivity contribution in [2.24, 2.45) is 0 Å². The fourth-order valence-electron chi connectivity index (χ4n) is 1.75. The van der Waals surface area contributed by atoms with Crippen LogP contribution >= 0.6 is 23.2 Å². The maximum absolute atomic E-state index is 11.6. The normalized spacial score (nSPS) is 14.5. The quantitative estimate of drug-likeness (QED) is 0.868. The molecule has 0 amide bonds. The molecule has 2 rings (SSSR count). The first kappa shape index (κ1) is 14.2. The third-order valence-electron chi connectivity index (χ3n) is 2.68. The molecule has 1 N–H and O–H groups in total. The van der Waals surface area contributed by atoms with Crippen LogP contribution in [0.15, 0.2) is 30.0 Å². The monoisotopic (exact) mass is 300 g/mol. The predicted molar refractivity (Wildman–Crippen MR) is 74.7 cm³/mol. The summed E-state index contributed by atoms with van der Waals surface area (Å²) in [6.45, 7) is 3.17. The second kappa shape index (κ2) is 6.28. The van der Waals surface area contributed by atoms with Crippen molar-refractivity contribution in [3.8, 4) is 0 Å². The summed E-state index contributed by atoms with van der Waals surface area (Å²) in [5, 5.41) is 3.01. The Morgan fingerprint density at radius 1 is 1.47 bits per heavy atom. The van der Waals surface area contributed by atoms with Gasteiger partial charge in [-0.2, -0.15) is 0 Å². The number of hydrazine groups is 1. The van der Waals surface area contributed by atoms with Crippen LogP contribution in [0.25, 0.3) is 0 Å². The van der Waals surface area contributed by atoms with E-state index in [-0.39, 0.29) is 5.97 Å². The Kier molecular flexibility index (Phi) is 4.69. The maximum Gasteiger partial charge on any atom is 0.336 e. The largest absolute Gasteiger partial charge is 0.463 e. The number of nitrogens with zero attached hydrogens (tertiary/aromatic N) is 1. The van der Waals surface area contributed by atoms with Gasteiger partial charge < -0.3 is 9.75 Å². The number of benzene rings is 1. The summed E-state index contributed by atoms with van der Waals surface area (Å²) in [5.74, 6) is -0.292. The molecule has 1 aromatic carbocycles. The Morgan fingerprint density at radius 2 is 2.26 bits per heavy atom. The van der Waals surface area contributed by atoms with Crippen LogP contribution in [0, 0.1) is 0 Å². The molecule has 0 aliphatic carbocycles. The SMILES string of the molecule is CCOC(=O)C1=CN(Cc2ccc(Cl)cc2Cl)NC1. The fraction of sp³-hybridized carbons (Fsp3) is 0.308. The molecule has 0 saturated carbocycles. The van der Waals surface area contributed by atoms with Crippen LogP contribution in [0.3, 0.4) is 0 Å². The Morgan fingerprint density at radius 3 is 2.95 bits per heavy atom. The van der Waals surface area contributed by atoms with Crippen LogP contribution in [0.4, 0.5) is 0 Å². The van der Waals surface area contributed by atoms with Crippen molar-refractivity contribution in [3.05, 3.63) is 45.6 Å². The number of esters is 1. The molecule has 0 spiro atoms. The summed E-state index contributed by atoms with van der Waals surface area (Å²) in [7, 11) is 0. The minimum Gasteiger partial charge on any atom is -0.463 e. The van der Waals surface area contributed by atoms with E-state index in [4.69, 9.17) is 27.9 Å². The zero-order valence-electron chi connectivity index (χ0n) is 10.5. The number of carbonyl (C=O) groups is 1. The molecular formula is C13H14Cl2N2O2. The smallest absolute Gasteiger partial charge is 0.336 e. The summed E-state index contributed by atoms with van der Waals surface area (Å²) in [6, 6.07) is 5.35. The highest BCUT2D eigenvalue weighted by molar-refractivity contribution is 6.35. The Bertz CT molecular complexity index is 517. The molecule has 0 atom stereocenters. The first-order valence-corrected chi connectivity index (χ1v) is 6.67. The number of carbonyl (C=O) groups excluding carboxylic acids is 1. The van der Waals surface area contributed by atoms with Crippen molar-refractivity contribution in [2.75, 3.05) is 13.2 Å². The lowest BCUT2D eigenvalue weighted by molar-refractivity contribution is -0.138. The van der Waals surface area contributed by atoms with Gasteiger partial charge in [0.25, 0.3) is 0 Å². The standard InChI is InChI=1S/C13H14Cl2N2O2/c1-2-19-13(18)10-6-16-17(8-10)7-9-3-4-11(14)5-12(9)15/h3-5,8,16H,2,6-7H2,1H3. The molecular weight excluding hydrogens is 287 g/mol. The van der Waals surface area contributed by atoms with Gasteiger partial charge in [-0.05, 0) is 24.6 Å². The lowest BCUT2D eigenvalue weighted by Gasteiger charge is -2.16. The lowest BCUT2D eigenvalue weighted by Crippen LogP contribution is -2.28. The second-order valence-corrected chi connectivity index (χ2v) is 4.92. The zero-order valence-corrected chi connectivity index (χ0v) is 12.0. The van der Waals surface area contributed by atoms with Crippen molar-refractivity contribution in [1.29, 1.82) is 0 Å². The van der Waals surface area contributed by atoms with Crippen LogP contribution in [-0.4, -0.2) is 24.1 Å². The molecule has 1 heterocycles. The highest BCUT2D eigenvalue weighted by Crippen LogP contribution is 2.22. The van der Waals surface area contributed by atoms with Crippen molar-refractivity contribution < 1.29 is 9.53 Å². The molecule has 6 heteroatoms. The number of halogens is 2. The van der Waals surface area contributed by atoms with E-state index in [1.165, 1.54) is 0 Å². The Balaban J connectivity index is 2.03. The molecule has 1 aliphatic heterocycles. The summed E-state index contributed by atoms with van der Waals surface area (Å²) < 4.78 is 4.95. The van der Waals surface area contributed by atoms with E-state index < -0.39 is 0 Å². The van der Waals surface area contributed by atoms with Gasteiger partial charge in [-0.15, -0.1) is 0 Å². The number of hydrogen-bond donors (Lipinski definition) is 1. The van der Waals surface area contributed by atoms with E-state index in [1.807, 2.05) is 6.07 Å². The summed E-state index contributed by atoms with van der Waals surface area (Å²) in [5.41, 5.74) is 4.62. The number of nitrogens with one attached hydrogen (secondary N) is 1. The van der Waals surface area contributed by atoms with Gasteiger partial charge in [0.1, 0.15) is 0 Å². The van der Waals surface area contributed by atoms with E-state index in [0.29, 0.717) is 35.3 Å². The molecule has 19 heavy (non-hydrogen) atoms. The molecule has 0 unspecified atom stereocenters. The molecule has 1 aromatic rings. The van der Waals surface area contributed by atoms with E-state index >= 15 is 0 Å². The van der Waals surface area contributed by atoms with Gasteiger partial charge in [-0.3, -0.25) is 0 Å². The van der Waals surface area contributed by atoms with Gasteiger partial charge in [0.15, 0.2) is 0 Å². The first-order valence-electron chi connectivity index (χ1n) is 5.92. The van der Waals surface area contributed by atoms with Crippen molar-refractivity contribution in [2.45, 2.75) is 13.5 Å². The Labute approximate surface area is 121 Å². The summed E-state index contributed by atoms with van der Waals surface area (Å²) >= 11 is 12.0. The lowest BCUT2D eigenvalue weighted by atomic mass is 10.2. The van der Waals surface area contributed by atoms with Gasteiger partial charge in [-0.1, -0.05) is 29.3 Å². The molecule has 1 aliphatic rings. The minimum absolute atomic E-state index is 0.292. The summed E-state index contributed by atoms with van der Waals surface area (Å²) in [6.07, 6.45) is 1.74. The van der Waals surface area contributed by atoms with Crippen LogP contribution < -0.4 is 5.43 Å². The van der Waals surface area contributed by atoms with E-state index in [9.17, 15) is 4.79 Å². The van der Waals surface area contributed by atoms with Crippen LogP contribution in [-0.2, 0) is 16.1 Å². The molecule has 0 aromatic heterocycles. The van der Waals surface area contributed by atoms with Crippen LogP contribution in [0.1, 0.15) is 12.5 Å². The van der Waals surface area contributed by atoms with Crippen molar-refractivity contribution in [3.63, 3.8) is 0 Å². The third kappa shape index (κ3) is 3.62. The highest BCUT2D eigenvalue weighted by atomic mass is 35.5. The predicted octanol–water partition coefficient (Wildman–Crippen LogP) is 2.76. The second-order valence-electron chi connectivity index (χ2n) is 4.07. The van der Waals surface area contributed by atoms with Crippen molar-refractivity contribution in [1.82, 2.24) is 10.4 Å². The van der Waals surface area contributed by atoms with Gasteiger partial charge >= 0.3 is 5.97 Å². The number of ether oxygens (including phenoxy) is 1. The van der Waals surface area contributed by atoms with Crippen LogP contribution in [0.2, 0.25) is 10.0 Å². The van der Waals surface area contributed by atoms with Gasteiger partial charge in [0, 0.05) is 22.8 Å². The molecule has 0 bridgehead atoms. The minimum atomic E-state index is -0.292. The molecule has 0 fully saturated rings. The van der Waals surface area contributed by atoms with Gasteiger partial charge in [0.05, 0.1) is 18.7 Å². The topological polar surface area (TPSA) is 41.6 Å². The molecule has 102 valence electrons. The average molecular weight is 301 g/mol. The average Bonchev–Trinajstić information content (AvgIpc) is 2.82. The third-order valence-corrected chi connectivity index (χ3v) is 3.26. The molecule has 0 radical (unpaired) electrons. The molecule has 4 nitrogen and oxygen atoms in total. The van der Waals surface area contributed by atoms with Crippen LogP contribution in [0.5, 0.6) is 0 Å². The van der Waals surface area contributed by atoms with E-state index in [2.05, 4.69) is 5.43 Å². The van der Waals surface area contributed by atoms with Gasteiger partial charge in [-0.25, -0.2) is 10.2 Å².